The van der Waals surface area contributed by atoms with E-state index in [9.17, 15) is 4.39 Å². The molecular formula is C19H16FN5OS. The van der Waals surface area contributed by atoms with Crippen molar-refractivity contribution >= 4 is 11.8 Å². The minimum absolute atomic E-state index is 0.292. The van der Waals surface area contributed by atoms with Crippen LogP contribution in [0.25, 0.3) is 17.1 Å². The summed E-state index contributed by atoms with van der Waals surface area (Å²) in [5.74, 6) is 0.950. The van der Waals surface area contributed by atoms with E-state index in [0.717, 1.165) is 16.4 Å². The molecule has 0 N–H and O–H groups in total. The predicted molar refractivity (Wildman–Crippen MR) is 100 cm³/mol. The summed E-state index contributed by atoms with van der Waals surface area (Å²) in [6.45, 7) is 3.75. The summed E-state index contributed by atoms with van der Waals surface area (Å²) >= 11 is 1.44. The second-order valence-electron chi connectivity index (χ2n) is 6.03. The summed E-state index contributed by atoms with van der Waals surface area (Å²) < 4.78 is 21.0. The topological polar surface area (TPSA) is 69.6 Å². The molecule has 4 rings (SSSR count). The lowest BCUT2D eigenvalue weighted by atomic mass is 10.1. The van der Waals surface area contributed by atoms with Crippen LogP contribution in [0, 0.1) is 19.7 Å². The molecule has 0 bridgehead atoms. The first-order chi connectivity index (χ1) is 13.1. The molecule has 27 heavy (non-hydrogen) atoms. The van der Waals surface area contributed by atoms with Crippen LogP contribution in [-0.2, 0) is 5.75 Å². The average molecular weight is 381 g/mol. The van der Waals surface area contributed by atoms with E-state index in [4.69, 9.17) is 4.52 Å². The quantitative estimate of drug-likeness (QED) is 0.478. The zero-order chi connectivity index (χ0) is 18.8. The van der Waals surface area contributed by atoms with Crippen LogP contribution in [-0.4, -0.2) is 24.9 Å². The zero-order valence-corrected chi connectivity index (χ0v) is 15.6. The van der Waals surface area contributed by atoms with E-state index in [1.807, 2.05) is 35.8 Å². The fourth-order valence-corrected chi connectivity index (χ4v) is 3.37. The number of hydrogen-bond donors (Lipinski definition) is 0. The minimum Gasteiger partial charge on any atom is -0.338 e. The standard InChI is InChI=1S/C19H16FN5OS/c1-12-7-8-14(9-15(12)20)18-22-17(26-24-18)10-27-19-23-21-11-25(19)16-6-4-3-5-13(16)2/h3-9,11H,10H2,1-2H3. The highest BCUT2D eigenvalue weighted by molar-refractivity contribution is 7.98. The molecule has 0 aliphatic carbocycles. The van der Waals surface area contributed by atoms with Gasteiger partial charge in [-0.05, 0) is 37.1 Å². The first kappa shape index (κ1) is 17.4. The number of halogens is 1. The van der Waals surface area contributed by atoms with Crippen LogP contribution in [0.2, 0.25) is 0 Å². The molecule has 0 spiro atoms. The van der Waals surface area contributed by atoms with Gasteiger partial charge in [-0.25, -0.2) is 4.39 Å². The third kappa shape index (κ3) is 3.61. The Kier molecular flexibility index (Phi) is 4.72. The van der Waals surface area contributed by atoms with Crippen molar-refractivity contribution in [3.63, 3.8) is 0 Å². The Morgan fingerprint density at radius 3 is 2.78 bits per heavy atom. The molecule has 4 aromatic rings. The van der Waals surface area contributed by atoms with Crippen LogP contribution in [0.4, 0.5) is 4.39 Å². The summed E-state index contributed by atoms with van der Waals surface area (Å²) in [5, 5.41) is 12.8. The molecule has 2 aromatic carbocycles. The predicted octanol–water partition coefficient (Wildman–Crippen LogP) is 4.37. The summed E-state index contributed by atoms with van der Waals surface area (Å²) in [4.78, 5) is 4.35. The van der Waals surface area contributed by atoms with E-state index in [1.165, 1.54) is 17.8 Å². The number of rotatable bonds is 5. The summed E-state index contributed by atoms with van der Waals surface area (Å²) in [6, 6.07) is 12.9. The fourth-order valence-electron chi connectivity index (χ4n) is 2.61. The van der Waals surface area contributed by atoms with Crippen LogP contribution >= 0.6 is 11.8 Å². The SMILES string of the molecule is Cc1ccc(-c2noc(CSc3nncn3-c3ccccc3C)n2)cc1F. The molecule has 2 aromatic heterocycles. The van der Waals surface area contributed by atoms with Gasteiger partial charge in [-0.1, -0.05) is 47.3 Å². The monoisotopic (exact) mass is 381 g/mol. The van der Waals surface area contributed by atoms with Crippen LogP contribution in [0.15, 0.2) is 58.5 Å². The third-order valence-electron chi connectivity index (χ3n) is 4.11. The van der Waals surface area contributed by atoms with Crippen LogP contribution in [0.5, 0.6) is 0 Å². The summed E-state index contributed by atoms with van der Waals surface area (Å²) in [7, 11) is 0. The molecule has 0 atom stereocenters. The van der Waals surface area contributed by atoms with Gasteiger partial charge in [0.25, 0.3) is 0 Å². The van der Waals surface area contributed by atoms with E-state index >= 15 is 0 Å². The number of nitrogens with zero attached hydrogens (tertiary/aromatic N) is 5. The Balaban J connectivity index is 1.51. The van der Waals surface area contributed by atoms with Crippen molar-refractivity contribution in [2.75, 3.05) is 0 Å². The van der Waals surface area contributed by atoms with E-state index in [-0.39, 0.29) is 5.82 Å². The van der Waals surface area contributed by atoms with Crippen LogP contribution in [0.1, 0.15) is 17.0 Å². The van der Waals surface area contributed by atoms with Gasteiger partial charge >= 0.3 is 0 Å². The molecule has 0 amide bonds. The highest BCUT2D eigenvalue weighted by Gasteiger charge is 2.14. The van der Waals surface area contributed by atoms with E-state index < -0.39 is 0 Å². The maximum Gasteiger partial charge on any atom is 0.237 e. The van der Waals surface area contributed by atoms with Crippen molar-refractivity contribution < 1.29 is 8.91 Å². The minimum atomic E-state index is -0.292. The number of para-hydroxylation sites is 1. The first-order valence-corrected chi connectivity index (χ1v) is 9.28. The number of hydrogen-bond acceptors (Lipinski definition) is 6. The summed E-state index contributed by atoms with van der Waals surface area (Å²) in [5.41, 5.74) is 3.31. The normalized spacial score (nSPS) is 11.1. The number of benzene rings is 2. The largest absolute Gasteiger partial charge is 0.338 e. The second-order valence-corrected chi connectivity index (χ2v) is 6.98. The lowest BCUT2D eigenvalue weighted by molar-refractivity contribution is 0.391. The van der Waals surface area contributed by atoms with Gasteiger partial charge in [0.1, 0.15) is 12.1 Å². The Hall–Kier alpha value is -3.00. The van der Waals surface area contributed by atoms with Gasteiger partial charge in [0.2, 0.25) is 11.7 Å². The van der Waals surface area contributed by atoms with Crippen molar-refractivity contribution in [3.05, 3.63) is 71.6 Å². The van der Waals surface area contributed by atoms with Crippen molar-refractivity contribution in [3.8, 4) is 17.1 Å². The van der Waals surface area contributed by atoms with E-state index in [1.54, 1.807) is 25.4 Å². The Labute approximate surface area is 159 Å². The van der Waals surface area contributed by atoms with Gasteiger partial charge < -0.3 is 4.52 Å². The zero-order valence-electron chi connectivity index (χ0n) is 14.8. The molecular weight excluding hydrogens is 365 g/mol. The molecule has 0 saturated heterocycles. The Morgan fingerprint density at radius 2 is 1.96 bits per heavy atom. The highest BCUT2D eigenvalue weighted by Crippen LogP contribution is 2.25. The molecule has 0 unspecified atom stereocenters. The molecule has 0 radical (unpaired) electrons. The summed E-state index contributed by atoms with van der Waals surface area (Å²) in [6.07, 6.45) is 1.68. The van der Waals surface area contributed by atoms with Crippen molar-refractivity contribution in [1.82, 2.24) is 24.9 Å². The molecule has 0 aliphatic rings. The highest BCUT2D eigenvalue weighted by atomic mass is 32.2. The van der Waals surface area contributed by atoms with Crippen molar-refractivity contribution in [2.24, 2.45) is 0 Å². The number of aromatic nitrogens is 5. The maximum atomic E-state index is 13.7. The van der Waals surface area contributed by atoms with Crippen LogP contribution in [0.3, 0.4) is 0 Å². The Bertz CT molecular complexity index is 1090. The smallest absolute Gasteiger partial charge is 0.237 e. The molecule has 6 nitrogen and oxygen atoms in total. The van der Waals surface area contributed by atoms with Gasteiger partial charge in [-0.15, -0.1) is 10.2 Å². The third-order valence-corrected chi connectivity index (χ3v) is 5.04. The van der Waals surface area contributed by atoms with Gasteiger partial charge in [0, 0.05) is 5.56 Å². The van der Waals surface area contributed by atoms with Crippen molar-refractivity contribution in [1.29, 1.82) is 0 Å². The number of thioether (sulfide) groups is 1. The van der Waals surface area contributed by atoms with Crippen LogP contribution < -0.4 is 0 Å². The van der Waals surface area contributed by atoms with Gasteiger partial charge in [-0.2, -0.15) is 4.98 Å². The van der Waals surface area contributed by atoms with E-state index in [2.05, 4.69) is 20.3 Å². The fraction of sp³-hybridized carbons (Fsp3) is 0.158. The molecule has 0 saturated carbocycles. The molecule has 136 valence electrons. The van der Waals surface area contributed by atoms with E-state index in [0.29, 0.717) is 28.6 Å². The van der Waals surface area contributed by atoms with Crippen molar-refractivity contribution in [2.45, 2.75) is 24.8 Å². The second kappa shape index (κ2) is 7.32. The van der Waals surface area contributed by atoms with Gasteiger partial charge in [-0.3, -0.25) is 4.57 Å². The van der Waals surface area contributed by atoms with Gasteiger partial charge in [0.05, 0.1) is 11.4 Å². The number of aryl methyl sites for hydroxylation is 2. The van der Waals surface area contributed by atoms with Gasteiger partial charge in [0.15, 0.2) is 5.16 Å². The molecule has 2 heterocycles. The molecule has 0 fully saturated rings. The average Bonchev–Trinajstić information content (AvgIpc) is 3.32. The first-order valence-electron chi connectivity index (χ1n) is 8.30. The Morgan fingerprint density at radius 1 is 1.11 bits per heavy atom. The maximum absolute atomic E-state index is 13.7. The lowest BCUT2D eigenvalue weighted by Crippen LogP contribution is -1.97. The molecule has 8 heteroatoms. The molecule has 0 aliphatic heterocycles. The lowest BCUT2D eigenvalue weighted by Gasteiger charge is -2.08.